The lowest BCUT2D eigenvalue weighted by Gasteiger charge is -2.22. The Hall–Kier alpha value is -1.66. The molecule has 1 N–H and O–H groups in total. The minimum atomic E-state index is 0.413. The molecule has 0 aliphatic rings. The first-order valence-electron chi connectivity index (χ1n) is 6.38. The first-order chi connectivity index (χ1) is 9.67. The second kappa shape index (κ2) is 6.67. The Balaban J connectivity index is 2.33. The molecule has 0 bridgehead atoms. The van der Waals surface area contributed by atoms with Gasteiger partial charge in [-0.2, -0.15) is 5.10 Å². The van der Waals surface area contributed by atoms with Gasteiger partial charge in [0.1, 0.15) is 5.69 Å². The average molecular weight is 310 g/mol. The van der Waals surface area contributed by atoms with E-state index in [4.69, 9.17) is 23.8 Å². The Labute approximate surface area is 128 Å². The number of aromatic nitrogens is 3. The first kappa shape index (κ1) is 14.7. The molecule has 2 rings (SSSR count). The Bertz CT molecular complexity index is 584. The molecule has 2 heterocycles. The Morgan fingerprint density at radius 2 is 2.30 bits per heavy atom. The van der Waals surface area contributed by atoms with Crippen LogP contribution < -0.4 is 10.2 Å². The second-order valence-corrected chi connectivity index (χ2v) is 4.79. The number of hydrogen-bond donors (Lipinski definition) is 1. The van der Waals surface area contributed by atoms with Crippen LogP contribution in [0.15, 0.2) is 30.7 Å². The van der Waals surface area contributed by atoms with Crippen LogP contribution in [0.1, 0.15) is 13.8 Å². The highest BCUT2D eigenvalue weighted by molar-refractivity contribution is 7.80. The molecule has 0 atom stereocenters. The van der Waals surface area contributed by atoms with Crippen LogP contribution in [-0.4, -0.2) is 33.0 Å². The van der Waals surface area contributed by atoms with Crippen molar-refractivity contribution < 1.29 is 0 Å². The smallest absolute Gasteiger partial charge is 0.175 e. The van der Waals surface area contributed by atoms with Crippen molar-refractivity contribution in [3.63, 3.8) is 0 Å². The number of pyridine rings is 1. The molecule has 0 radical (unpaired) electrons. The standard InChI is InChI=1S/C13H16ClN5S/c1-3-16-13(20)18(4-2)11-9-19(17-12(11)14)10-6-5-7-15-8-10/h5-9H,3-4H2,1-2H3,(H,16,20). The third kappa shape index (κ3) is 3.08. The largest absolute Gasteiger partial charge is 0.363 e. The molecule has 106 valence electrons. The topological polar surface area (TPSA) is 46.0 Å². The minimum Gasteiger partial charge on any atom is -0.363 e. The molecule has 0 saturated heterocycles. The number of thiocarbonyl (C=S) groups is 1. The molecule has 0 aromatic carbocycles. The molecule has 0 fully saturated rings. The fraction of sp³-hybridized carbons (Fsp3) is 0.308. The quantitative estimate of drug-likeness (QED) is 0.880. The summed E-state index contributed by atoms with van der Waals surface area (Å²) in [5, 5.41) is 8.48. The van der Waals surface area contributed by atoms with E-state index in [1.807, 2.05) is 37.1 Å². The molecule has 0 amide bonds. The number of anilines is 1. The molecule has 2 aromatic heterocycles. The van der Waals surface area contributed by atoms with Crippen LogP contribution in [0.25, 0.3) is 5.69 Å². The van der Waals surface area contributed by atoms with Gasteiger partial charge in [-0.3, -0.25) is 4.98 Å². The fourth-order valence-electron chi connectivity index (χ4n) is 1.82. The summed E-state index contributed by atoms with van der Waals surface area (Å²) in [5.41, 5.74) is 1.63. The van der Waals surface area contributed by atoms with Crippen molar-refractivity contribution >= 4 is 34.6 Å². The van der Waals surface area contributed by atoms with E-state index in [9.17, 15) is 0 Å². The van der Waals surface area contributed by atoms with Crippen LogP contribution in [-0.2, 0) is 0 Å². The molecule has 0 unspecified atom stereocenters. The minimum absolute atomic E-state index is 0.413. The lowest BCUT2D eigenvalue weighted by atomic mass is 10.4. The fourth-order valence-corrected chi connectivity index (χ4v) is 2.42. The van der Waals surface area contributed by atoms with Gasteiger partial charge in [0.05, 0.1) is 18.1 Å². The Morgan fingerprint density at radius 1 is 1.50 bits per heavy atom. The van der Waals surface area contributed by atoms with Crippen molar-refractivity contribution in [2.75, 3.05) is 18.0 Å². The monoisotopic (exact) mass is 309 g/mol. The van der Waals surface area contributed by atoms with Crippen LogP contribution >= 0.6 is 23.8 Å². The number of rotatable bonds is 4. The van der Waals surface area contributed by atoms with Gasteiger partial charge in [-0.15, -0.1) is 0 Å². The van der Waals surface area contributed by atoms with Gasteiger partial charge in [-0.05, 0) is 38.2 Å². The molecular weight excluding hydrogens is 294 g/mol. The van der Waals surface area contributed by atoms with E-state index < -0.39 is 0 Å². The van der Waals surface area contributed by atoms with Crippen LogP contribution in [0.4, 0.5) is 5.69 Å². The van der Waals surface area contributed by atoms with E-state index in [1.165, 1.54) is 0 Å². The lowest BCUT2D eigenvalue weighted by Crippen LogP contribution is -2.39. The first-order valence-corrected chi connectivity index (χ1v) is 7.17. The van der Waals surface area contributed by atoms with Crippen molar-refractivity contribution in [1.29, 1.82) is 0 Å². The van der Waals surface area contributed by atoms with Crippen molar-refractivity contribution in [1.82, 2.24) is 20.1 Å². The molecule has 2 aromatic rings. The molecule has 0 spiro atoms. The Morgan fingerprint density at radius 3 is 2.90 bits per heavy atom. The van der Waals surface area contributed by atoms with Crippen LogP contribution in [0.2, 0.25) is 5.15 Å². The highest BCUT2D eigenvalue weighted by Crippen LogP contribution is 2.25. The highest BCUT2D eigenvalue weighted by atomic mass is 35.5. The zero-order valence-electron chi connectivity index (χ0n) is 11.4. The maximum atomic E-state index is 6.23. The van der Waals surface area contributed by atoms with Crippen molar-refractivity contribution in [2.45, 2.75) is 13.8 Å². The number of halogens is 1. The maximum Gasteiger partial charge on any atom is 0.175 e. The summed E-state index contributed by atoms with van der Waals surface area (Å²) in [6.45, 7) is 5.50. The van der Waals surface area contributed by atoms with E-state index in [-0.39, 0.29) is 0 Å². The van der Waals surface area contributed by atoms with Gasteiger partial charge < -0.3 is 10.2 Å². The van der Waals surface area contributed by atoms with Crippen LogP contribution in [0.5, 0.6) is 0 Å². The van der Waals surface area contributed by atoms with Gasteiger partial charge in [0.2, 0.25) is 0 Å². The van der Waals surface area contributed by atoms with E-state index in [0.29, 0.717) is 16.8 Å². The Kier molecular flexibility index (Phi) is 4.92. The van der Waals surface area contributed by atoms with Gasteiger partial charge in [0, 0.05) is 19.3 Å². The molecule has 0 aliphatic heterocycles. The van der Waals surface area contributed by atoms with Gasteiger partial charge >= 0.3 is 0 Å². The number of nitrogens with one attached hydrogen (secondary N) is 1. The highest BCUT2D eigenvalue weighted by Gasteiger charge is 2.17. The molecular formula is C13H16ClN5S. The second-order valence-electron chi connectivity index (χ2n) is 4.04. The third-order valence-corrected chi connectivity index (χ3v) is 3.38. The van der Waals surface area contributed by atoms with Crippen molar-refractivity contribution in [3.05, 3.63) is 35.9 Å². The average Bonchev–Trinajstić information content (AvgIpc) is 2.83. The van der Waals surface area contributed by atoms with Gasteiger partial charge in [-0.1, -0.05) is 11.6 Å². The number of nitrogens with zero attached hydrogens (tertiary/aromatic N) is 4. The van der Waals surface area contributed by atoms with Gasteiger partial charge in [0.25, 0.3) is 0 Å². The van der Waals surface area contributed by atoms with Crippen LogP contribution in [0.3, 0.4) is 0 Å². The molecule has 20 heavy (non-hydrogen) atoms. The maximum absolute atomic E-state index is 6.23. The summed E-state index contributed by atoms with van der Waals surface area (Å²) < 4.78 is 1.70. The van der Waals surface area contributed by atoms with Gasteiger partial charge in [-0.25, -0.2) is 4.68 Å². The summed E-state index contributed by atoms with van der Waals surface area (Å²) >= 11 is 11.6. The number of hydrogen-bond acceptors (Lipinski definition) is 3. The van der Waals surface area contributed by atoms with Crippen molar-refractivity contribution in [3.8, 4) is 5.69 Å². The zero-order chi connectivity index (χ0) is 14.5. The van der Waals surface area contributed by atoms with Crippen molar-refractivity contribution in [2.24, 2.45) is 0 Å². The molecule has 5 nitrogen and oxygen atoms in total. The van der Waals surface area contributed by atoms with E-state index in [2.05, 4.69) is 15.4 Å². The molecule has 7 heteroatoms. The third-order valence-electron chi connectivity index (χ3n) is 2.74. The molecule has 0 aliphatic carbocycles. The summed E-state index contributed by atoms with van der Waals surface area (Å²) in [5.74, 6) is 0. The predicted octanol–water partition coefficient (Wildman–Crippen LogP) is 2.64. The van der Waals surface area contributed by atoms with E-state index in [1.54, 1.807) is 17.1 Å². The summed E-state index contributed by atoms with van der Waals surface area (Å²) in [6.07, 6.45) is 5.30. The summed E-state index contributed by atoms with van der Waals surface area (Å²) in [4.78, 5) is 5.99. The lowest BCUT2D eigenvalue weighted by molar-refractivity contribution is 0.873. The summed E-state index contributed by atoms with van der Waals surface area (Å²) in [6, 6.07) is 3.77. The molecule has 0 saturated carbocycles. The SMILES string of the molecule is CCNC(=S)N(CC)c1cn(-c2cccnc2)nc1Cl. The predicted molar refractivity (Wildman–Crippen MR) is 85.7 cm³/mol. The zero-order valence-corrected chi connectivity index (χ0v) is 12.9. The van der Waals surface area contributed by atoms with E-state index >= 15 is 0 Å². The van der Waals surface area contributed by atoms with Gasteiger partial charge in [0.15, 0.2) is 10.3 Å². The van der Waals surface area contributed by atoms with Crippen LogP contribution in [0, 0.1) is 0 Å². The normalized spacial score (nSPS) is 10.3. The van der Waals surface area contributed by atoms with E-state index in [0.717, 1.165) is 17.9 Å². The summed E-state index contributed by atoms with van der Waals surface area (Å²) in [7, 11) is 0.